The Morgan fingerprint density at radius 3 is 2.50 bits per heavy atom. The van der Waals surface area contributed by atoms with Gasteiger partial charge >= 0.3 is 0 Å². The number of likely N-dealkylation sites (tertiary alicyclic amines) is 1. The van der Waals surface area contributed by atoms with Gasteiger partial charge in [-0.25, -0.2) is 0 Å². The Bertz CT molecular complexity index is 163. The van der Waals surface area contributed by atoms with Crippen LogP contribution in [0.2, 0.25) is 0 Å². The maximum absolute atomic E-state index is 9.27. The molecule has 1 saturated heterocycles. The Balaban J connectivity index is 2.66. The summed E-state index contributed by atoms with van der Waals surface area (Å²) in [6, 6.07) is 2.30. The lowest BCUT2D eigenvalue weighted by molar-refractivity contribution is 0.161. The third kappa shape index (κ3) is 1.00. The van der Waals surface area contributed by atoms with Crippen LogP contribution >= 0.6 is 0 Å². The van der Waals surface area contributed by atoms with Crippen molar-refractivity contribution in [1.29, 1.82) is 5.26 Å². The van der Waals surface area contributed by atoms with Gasteiger partial charge in [-0.15, -0.1) is 0 Å². The standard InChI is InChI=1S/C7H12N2O/c1-5-6(3-8)7(10)4-9(5)2/h5-7,10H,4H2,1-2H3. The molecule has 1 aliphatic heterocycles. The second kappa shape index (κ2) is 2.57. The molecule has 3 atom stereocenters. The number of nitriles is 1. The maximum atomic E-state index is 9.27. The molecule has 0 amide bonds. The fourth-order valence-electron chi connectivity index (χ4n) is 1.36. The predicted octanol–water partition coefficient (Wildman–Crippen LogP) is -0.179. The maximum Gasteiger partial charge on any atom is 0.0887 e. The van der Waals surface area contributed by atoms with Gasteiger partial charge in [-0.05, 0) is 14.0 Å². The smallest absolute Gasteiger partial charge is 0.0887 e. The van der Waals surface area contributed by atoms with E-state index in [-0.39, 0.29) is 12.0 Å². The average Bonchev–Trinajstić information content (AvgIpc) is 2.09. The van der Waals surface area contributed by atoms with Gasteiger partial charge in [0.15, 0.2) is 0 Å². The molecule has 1 aliphatic rings. The number of likely N-dealkylation sites (N-methyl/N-ethyl adjacent to an activating group) is 1. The SMILES string of the molecule is CC1C(C#N)C(O)CN1C. The first-order chi connectivity index (χ1) is 4.66. The van der Waals surface area contributed by atoms with E-state index in [0.29, 0.717) is 6.54 Å². The number of hydrogen-bond acceptors (Lipinski definition) is 3. The van der Waals surface area contributed by atoms with Crippen LogP contribution in [-0.2, 0) is 0 Å². The molecule has 1 heterocycles. The molecule has 0 aliphatic carbocycles. The van der Waals surface area contributed by atoms with Crippen molar-refractivity contribution >= 4 is 0 Å². The lowest BCUT2D eigenvalue weighted by Gasteiger charge is -2.14. The first-order valence-corrected chi connectivity index (χ1v) is 3.44. The van der Waals surface area contributed by atoms with E-state index in [2.05, 4.69) is 6.07 Å². The molecule has 0 saturated carbocycles. The summed E-state index contributed by atoms with van der Waals surface area (Å²) >= 11 is 0. The normalized spacial score (nSPS) is 41.6. The van der Waals surface area contributed by atoms with Crippen LogP contribution in [0.3, 0.4) is 0 Å². The highest BCUT2D eigenvalue weighted by Gasteiger charge is 2.35. The highest BCUT2D eigenvalue weighted by atomic mass is 16.3. The van der Waals surface area contributed by atoms with Crippen LogP contribution in [0.25, 0.3) is 0 Å². The highest BCUT2D eigenvalue weighted by molar-refractivity contribution is 5.01. The number of hydrogen-bond donors (Lipinski definition) is 1. The first-order valence-electron chi connectivity index (χ1n) is 3.44. The molecule has 1 fully saturated rings. The van der Waals surface area contributed by atoms with Crippen LogP contribution in [-0.4, -0.2) is 35.7 Å². The molecular weight excluding hydrogens is 128 g/mol. The van der Waals surface area contributed by atoms with Gasteiger partial charge in [-0.1, -0.05) is 0 Å². The summed E-state index contributed by atoms with van der Waals surface area (Å²) in [5, 5.41) is 17.9. The minimum absolute atomic E-state index is 0.194. The summed E-state index contributed by atoms with van der Waals surface area (Å²) < 4.78 is 0. The summed E-state index contributed by atoms with van der Waals surface area (Å²) in [7, 11) is 1.92. The molecule has 3 heteroatoms. The Morgan fingerprint density at radius 1 is 1.70 bits per heavy atom. The van der Waals surface area contributed by atoms with Crippen molar-refractivity contribution in [3.8, 4) is 6.07 Å². The molecular formula is C7H12N2O. The second-order valence-electron chi connectivity index (χ2n) is 2.90. The molecule has 1 N–H and O–H groups in total. The van der Waals surface area contributed by atoms with Gasteiger partial charge < -0.3 is 5.11 Å². The van der Waals surface area contributed by atoms with Gasteiger partial charge in [0, 0.05) is 12.6 Å². The molecule has 1 rings (SSSR count). The fraction of sp³-hybridized carbons (Fsp3) is 0.857. The predicted molar refractivity (Wildman–Crippen MR) is 37.2 cm³/mol. The number of nitrogens with zero attached hydrogens (tertiary/aromatic N) is 2. The zero-order chi connectivity index (χ0) is 7.72. The van der Waals surface area contributed by atoms with E-state index in [9.17, 15) is 5.11 Å². The minimum Gasteiger partial charge on any atom is -0.390 e. The van der Waals surface area contributed by atoms with Gasteiger partial charge in [0.2, 0.25) is 0 Å². The summed E-state index contributed by atoms with van der Waals surface area (Å²) in [6.45, 7) is 2.59. The van der Waals surface area contributed by atoms with Crippen molar-refractivity contribution in [3.05, 3.63) is 0 Å². The molecule has 10 heavy (non-hydrogen) atoms. The van der Waals surface area contributed by atoms with Gasteiger partial charge in [0.1, 0.15) is 0 Å². The van der Waals surface area contributed by atoms with E-state index in [0.717, 1.165) is 0 Å². The molecule has 3 unspecified atom stereocenters. The van der Waals surface area contributed by atoms with E-state index in [1.165, 1.54) is 0 Å². The van der Waals surface area contributed by atoms with E-state index >= 15 is 0 Å². The number of aliphatic hydroxyl groups excluding tert-OH is 1. The van der Waals surface area contributed by atoms with Crippen molar-refractivity contribution in [2.75, 3.05) is 13.6 Å². The second-order valence-corrected chi connectivity index (χ2v) is 2.90. The van der Waals surface area contributed by atoms with Crippen LogP contribution in [0.5, 0.6) is 0 Å². The van der Waals surface area contributed by atoms with Gasteiger partial charge in [-0.2, -0.15) is 5.26 Å². The largest absolute Gasteiger partial charge is 0.390 e. The number of aliphatic hydroxyl groups is 1. The molecule has 3 nitrogen and oxygen atoms in total. The third-order valence-corrected chi connectivity index (χ3v) is 2.25. The molecule has 0 aromatic rings. The summed E-state index contributed by atoms with van der Waals surface area (Å²) in [4.78, 5) is 2.00. The monoisotopic (exact) mass is 140 g/mol. The molecule has 56 valence electrons. The third-order valence-electron chi connectivity index (χ3n) is 2.25. The lowest BCUT2D eigenvalue weighted by atomic mass is 10.0. The fourth-order valence-corrected chi connectivity index (χ4v) is 1.36. The Labute approximate surface area is 60.9 Å². The van der Waals surface area contributed by atoms with Crippen molar-refractivity contribution in [3.63, 3.8) is 0 Å². The van der Waals surface area contributed by atoms with Crippen LogP contribution < -0.4 is 0 Å². The van der Waals surface area contributed by atoms with Crippen molar-refractivity contribution < 1.29 is 5.11 Å². The van der Waals surface area contributed by atoms with Crippen molar-refractivity contribution in [2.24, 2.45) is 5.92 Å². The molecule has 0 aromatic heterocycles. The van der Waals surface area contributed by atoms with Crippen LogP contribution in [0.1, 0.15) is 6.92 Å². The summed E-state index contributed by atoms with van der Waals surface area (Å²) in [6.07, 6.45) is -0.454. The molecule has 0 spiro atoms. The Kier molecular flexibility index (Phi) is 1.93. The molecule has 0 radical (unpaired) electrons. The van der Waals surface area contributed by atoms with Gasteiger partial charge in [0.05, 0.1) is 18.1 Å². The van der Waals surface area contributed by atoms with Crippen molar-refractivity contribution in [1.82, 2.24) is 4.90 Å². The van der Waals surface area contributed by atoms with E-state index in [4.69, 9.17) is 5.26 Å². The zero-order valence-electron chi connectivity index (χ0n) is 6.28. The summed E-state index contributed by atoms with van der Waals surface area (Å²) in [5.74, 6) is -0.204. The Hall–Kier alpha value is -0.590. The minimum atomic E-state index is -0.454. The van der Waals surface area contributed by atoms with E-state index in [1.807, 2.05) is 18.9 Å². The highest BCUT2D eigenvalue weighted by Crippen LogP contribution is 2.21. The zero-order valence-corrected chi connectivity index (χ0v) is 6.28. The van der Waals surface area contributed by atoms with Gasteiger partial charge in [0.25, 0.3) is 0 Å². The molecule has 0 aromatic carbocycles. The molecule has 0 bridgehead atoms. The topological polar surface area (TPSA) is 47.3 Å². The van der Waals surface area contributed by atoms with Crippen LogP contribution in [0.4, 0.5) is 0 Å². The number of β-amino-alcohol motifs (C(OH)–C–C–N with tert-alkyl or cyclic N) is 1. The average molecular weight is 140 g/mol. The summed E-state index contributed by atoms with van der Waals surface area (Å²) in [5.41, 5.74) is 0. The van der Waals surface area contributed by atoms with Crippen molar-refractivity contribution in [2.45, 2.75) is 19.1 Å². The lowest BCUT2D eigenvalue weighted by Crippen LogP contribution is -2.25. The van der Waals surface area contributed by atoms with E-state index < -0.39 is 6.10 Å². The van der Waals surface area contributed by atoms with Crippen LogP contribution in [0.15, 0.2) is 0 Å². The quantitative estimate of drug-likeness (QED) is 0.508. The first kappa shape index (κ1) is 7.52. The van der Waals surface area contributed by atoms with E-state index in [1.54, 1.807) is 0 Å². The Morgan fingerprint density at radius 2 is 2.30 bits per heavy atom. The number of rotatable bonds is 0. The van der Waals surface area contributed by atoms with Crippen LogP contribution in [0, 0.1) is 17.2 Å². The van der Waals surface area contributed by atoms with Gasteiger partial charge in [-0.3, -0.25) is 4.90 Å².